The highest BCUT2D eigenvalue weighted by Crippen LogP contribution is 2.35. The summed E-state index contributed by atoms with van der Waals surface area (Å²) in [7, 11) is 0. The molecule has 1 aliphatic rings. The van der Waals surface area contributed by atoms with Crippen LogP contribution in [0.2, 0.25) is 0 Å². The van der Waals surface area contributed by atoms with E-state index in [0.717, 1.165) is 23.4 Å². The first-order valence-corrected chi connectivity index (χ1v) is 9.61. The van der Waals surface area contributed by atoms with Crippen molar-refractivity contribution < 1.29 is 4.79 Å². The quantitative estimate of drug-likeness (QED) is 0.767. The lowest BCUT2D eigenvalue weighted by Gasteiger charge is -2.23. The van der Waals surface area contributed by atoms with E-state index in [-0.39, 0.29) is 23.1 Å². The van der Waals surface area contributed by atoms with Gasteiger partial charge in [-0.15, -0.1) is 22.7 Å². The van der Waals surface area contributed by atoms with Crippen molar-refractivity contribution in [2.24, 2.45) is 0 Å². The Hall–Kier alpha value is -2.18. The summed E-state index contributed by atoms with van der Waals surface area (Å²) in [6.45, 7) is 0.702. The summed E-state index contributed by atoms with van der Waals surface area (Å²) in [5.74, 6) is -0.176. The maximum Gasteiger partial charge on any atom is 0.261 e. The molecule has 0 spiro atoms. The second kappa shape index (κ2) is 6.37. The number of aromatic amines is 1. The van der Waals surface area contributed by atoms with Gasteiger partial charge in [0.05, 0.1) is 16.6 Å². The summed E-state index contributed by atoms with van der Waals surface area (Å²) in [6.07, 6.45) is 1.93. The minimum absolute atomic E-state index is 0.0915. The number of hydrogen-bond acceptors (Lipinski definition) is 4. The zero-order valence-corrected chi connectivity index (χ0v) is 14.5. The van der Waals surface area contributed by atoms with Crippen LogP contribution >= 0.6 is 22.7 Å². The molecule has 1 fully saturated rings. The third kappa shape index (κ3) is 2.72. The number of thiophene rings is 2. The molecule has 122 valence electrons. The summed E-state index contributed by atoms with van der Waals surface area (Å²) in [6, 6.07) is 11.5. The highest BCUT2D eigenvalue weighted by Gasteiger charge is 2.32. The van der Waals surface area contributed by atoms with Gasteiger partial charge >= 0.3 is 0 Å². The number of likely N-dealkylation sites (tertiary alicyclic amines) is 1. The average molecular weight is 356 g/mol. The van der Waals surface area contributed by atoms with Gasteiger partial charge in [-0.25, -0.2) is 0 Å². The molecule has 1 N–H and O–H groups in total. The van der Waals surface area contributed by atoms with Gasteiger partial charge in [0.2, 0.25) is 0 Å². The van der Waals surface area contributed by atoms with Crippen LogP contribution in [0, 0.1) is 0 Å². The van der Waals surface area contributed by atoms with E-state index >= 15 is 0 Å². The third-order valence-electron chi connectivity index (χ3n) is 4.31. The number of carbonyl (C=O) groups is 1. The highest BCUT2D eigenvalue weighted by molar-refractivity contribution is 7.13. The molecular weight excluding hydrogens is 340 g/mol. The molecule has 0 unspecified atom stereocenters. The van der Waals surface area contributed by atoms with E-state index in [1.807, 2.05) is 39.9 Å². The van der Waals surface area contributed by atoms with E-state index < -0.39 is 0 Å². The monoisotopic (exact) mass is 356 g/mol. The van der Waals surface area contributed by atoms with Gasteiger partial charge in [0.15, 0.2) is 0 Å². The van der Waals surface area contributed by atoms with Crippen molar-refractivity contribution in [3.63, 3.8) is 0 Å². The SMILES string of the molecule is O=C(c1ccc(-c2cccs2)[nH]c1=O)N1CCC[C@@H]1c1cccs1. The molecule has 1 atom stereocenters. The van der Waals surface area contributed by atoms with Gasteiger partial charge in [-0.05, 0) is 47.9 Å². The number of nitrogens with zero attached hydrogens (tertiary/aromatic N) is 1. The topological polar surface area (TPSA) is 53.2 Å². The van der Waals surface area contributed by atoms with Gasteiger partial charge in [-0.2, -0.15) is 0 Å². The van der Waals surface area contributed by atoms with Crippen LogP contribution in [0.25, 0.3) is 10.6 Å². The van der Waals surface area contributed by atoms with E-state index in [0.29, 0.717) is 6.54 Å². The maximum atomic E-state index is 12.9. The summed E-state index contributed by atoms with van der Waals surface area (Å²) < 4.78 is 0. The Kier molecular flexibility index (Phi) is 4.08. The van der Waals surface area contributed by atoms with Crippen molar-refractivity contribution >= 4 is 28.6 Å². The summed E-state index contributed by atoms with van der Waals surface area (Å²) in [4.78, 5) is 32.2. The smallest absolute Gasteiger partial charge is 0.261 e. The maximum absolute atomic E-state index is 12.9. The molecular formula is C18H16N2O2S2. The van der Waals surface area contributed by atoms with Crippen LogP contribution < -0.4 is 5.56 Å². The van der Waals surface area contributed by atoms with Crippen LogP contribution in [0.3, 0.4) is 0 Å². The van der Waals surface area contributed by atoms with Crippen LogP contribution in [0.15, 0.2) is 52.0 Å². The molecule has 1 aliphatic heterocycles. The second-order valence-electron chi connectivity index (χ2n) is 5.76. The molecule has 4 heterocycles. The highest BCUT2D eigenvalue weighted by atomic mass is 32.1. The van der Waals surface area contributed by atoms with Crippen molar-refractivity contribution in [3.8, 4) is 10.6 Å². The molecule has 3 aromatic heterocycles. The molecule has 0 aliphatic carbocycles. The number of H-pyrrole nitrogens is 1. The predicted molar refractivity (Wildman–Crippen MR) is 97.7 cm³/mol. The number of nitrogens with one attached hydrogen (secondary N) is 1. The van der Waals surface area contributed by atoms with Crippen molar-refractivity contribution in [2.75, 3.05) is 6.54 Å². The number of amides is 1. The van der Waals surface area contributed by atoms with E-state index in [1.165, 1.54) is 4.88 Å². The second-order valence-corrected chi connectivity index (χ2v) is 7.69. The van der Waals surface area contributed by atoms with Gasteiger partial charge in [0.1, 0.15) is 5.56 Å². The Bertz CT molecular complexity index is 898. The standard InChI is InChI=1S/C18H16N2O2S2/c21-17-12(7-8-13(19-17)15-5-2-10-23-15)18(22)20-9-1-4-14(20)16-6-3-11-24-16/h2-3,5-8,10-11,14H,1,4,9H2,(H,19,21)/t14-/m1/s1. The number of pyridine rings is 1. The fourth-order valence-corrected chi connectivity index (χ4v) is 4.74. The molecule has 0 bridgehead atoms. The van der Waals surface area contributed by atoms with Gasteiger partial charge in [0, 0.05) is 11.4 Å². The number of hydrogen-bond donors (Lipinski definition) is 1. The zero-order chi connectivity index (χ0) is 16.5. The lowest BCUT2D eigenvalue weighted by atomic mass is 10.1. The molecule has 6 heteroatoms. The average Bonchev–Trinajstić information content (AvgIpc) is 3.35. The van der Waals surface area contributed by atoms with E-state index in [9.17, 15) is 9.59 Å². The van der Waals surface area contributed by atoms with Crippen LogP contribution in [-0.4, -0.2) is 22.3 Å². The molecule has 4 nitrogen and oxygen atoms in total. The largest absolute Gasteiger partial charge is 0.331 e. The van der Waals surface area contributed by atoms with Gasteiger partial charge in [-0.1, -0.05) is 12.1 Å². The van der Waals surface area contributed by atoms with Gasteiger partial charge in [-0.3, -0.25) is 9.59 Å². The third-order valence-corrected chi connectivity index (χ3v) is 6.19. The molecule has 1 saturated heterocycles. The molecule has 24 heavy (non-hydrogen) atoms. The van der Waals surface area contributed by atoms with Crippen molar-refractivity contribution in [1.82, 2.24) is 9.88 Å². The van der Waals surface area contributed by atoms with E-state index in [1.54, 1.807) is 28.7 Å². The molecule has 0 radical (unpaired) electrons. The first-order valence-electron chi connectivity index (χ1n) is 7.85. The lowest BCUT2D eigenvalue weighted by Crippen LogP contribution is -2.34. The van der Waals surface area contributed by atoms with Crippen molar-refractivity contribution in [1.29, 1.82) is 0 Å². The summed E-state index contributed by atoms with van der Waals surface area (Å²) in [5.41, 5.74) is 0.657. The van der Waals surface area contributed by atoms with Crippen molar-refractivity contribution in [3.05, 3.63) is 68.0 Å². The fourth-order valence-electron chi connectivity index (χ4n) is 3.16. The van der Waals surface area contributed by atoms with Crippen LogP contribution in [0.1, 0.15) is 34.1 Å². The normalized spacial score (nSPS) is 17.3. The molecule has 1 amide bonds. The Morgan fingerprint density at radius 2 is 1.96 bits per heavy atom. The first-order chi connectivity index (χ1) is 11.7. The zero-order valence-electron chi connectivity index (χ0n) is 12.9. The minimum Gasteiger partial charge on any atom is -0.331 e. The minimum atomic E-state index is -0.317. The Labute approximate surface area is 147 Å². The Balaban J connectivity index is 1.64. The van der Waals surface area contributed by atoms with Crippen molar-refractivity contribution in [2.45, 2.75) is 18.9 Å². The predicted octanol–water partition coefficient (Wildman–Crippen LogP) is 4.14. The summed E-state index contributed by atoms with van der Waals surface area (Å²) >= 11 is 3.22. The number of aromatic nitrogens is 1. The van der Waals surface area contributed by atoms with E-state index in [2.05, 4.69) is 11.1 Å². The van der Waals surface area contributed by atoms with Crippen LogP contribution in [0.4, 0.5) is 0 Å². The van der Waals surface area contributed by atoms with E-state index in [4.69, 9.17) is 0 Å². The molecule has 4 rings (SSSR count). The fraction of sp³-hybridized carbons (Fsp3) is 0.222. The molecule has 0 aromatic carbocycles. The van der Waals surface area contributed by atoms with Gasteiger partial charge in [0.25, 0.3) is 11.5 Å². The first kappa shape index (κ1) is 15.4. The summed E-state index contributed by atoms with van der Waals surface area (Å²) in [5, 5.41) is 3.99. The number of rotatable bonds is 3. The van der Waals surface area contributed by atoms with Gasteiger partial charge < -0.3 is 9.88 Å². The Morgan fingerprint density at radius 3 is 2.67 bits per heavy atom. The number of carbonyl (C=O) groups excluding carboxylic acids is 1. The molecule has 0 saturated carbocycles. The Morgan fingerprint density at radius 1 is 1.12 bits per heavy atom. The molecule has 3 aromatic rings. The van der Waals surface area contributed by atoms with Crippen LogP contribution in [0.5, 0.6) is 0 Å². The lowest BCUT2D eigenvalue weighted by molar-refractivity contribution is 0.0736. The van der Waals surface area contributed by atoms with Crippen LogP contribution in [-0.2, 0) is 0 Å².